The van der Waals surface area contributed by atoms with E-state index in [-0.39, 0.29) is 0 Å². The van der Waals surface area contributed by atoms with Crippen LogP contribution in [0.2, 0.25) is 0 Å². The number of hydrogen-bond acceptors (Lipinski definition) is 4. The Kier molecular flexibility index (Phi) is 4.95. The molecule has 0 spiro atoms. The molecule has 1 aromatic rings. The SMILES string of the molecule is CC(C)NCc1coc(CN2CCSCC2)c1. The van der Waals surface area contributed by atoms with Gasteiger partial charge in [0.1, 0.15) is 5.76 Å². The highest BCUT2D eigenvalue weighted by Crippen LogP contribution is 2.15. The van der Waals surface area contributed by atoms with Crippen molar-refractivity contribution in [2.75, 3.05) is 24.6 Å². The third-order valence-corrected chi connectivity index (χ3v) is 3.85. The Bertz CT molecular complexity index is 332. The van der Waals surface area contributed by atoms with E-state index in [1.807, 2.05) is 18.0 Å². The Morgan fingerprint density at radius 1 is 1.41 bits per heavy atom. The molecule has 0 aliphatic carbocycles. The summed E-state index contributed by atoms with van der Waals surface area (Å²) in [6.45, 7) is 8.55. The summed E-state index contributed by atoms with van der Waals surface area (Å²) in [7, 11) is 0. The smallest absolute Gasteiger partial charge is 0.118 e. The maximum Gasteiger partial charge on any atom is 0.118 e. The average Bonchev–Trinajstić information content (AvgIpc) is 2.75. The number of nitrogens with one attached hydrogen (secondary N) is 1. The minimum atomic E-state index is 0.521. The highest BCUT2D eigenvalue weighted by atomic mass is 32.2. The first-order valence-corrected chi connectivity index (χ1v) is 7.49. The van der Waals surface area contributed by atoms with Gasteiger partial charge < -0.3 is 9.73 Å². The van der Waals surface area contributed by atoms with E-state index in [0.717, 1.165) is 18.8 Å². The van der Waals surface area contributed by atoms with Crippen molar-refractivity contribution in [2.45, 2.75) is 33.0 Å². The lowest BCUT2D eigenvalue weighted by Gasteiger charge is -2.24. The van der Waals surface area contributed by atoms with E-state index in [9.17, 15) is 0 Å². The molecule has 0 aromatic carbocycles. The van der Waals surface area contributed by atoms with Gasteiger partial charge in [0, 0.05) is 42.7 Å². The van der Waals surface area contributed by atoms with Crippen LogP contribution >= 0.6 is 11.8 Å². The molecule has 2 heterocycles. The van der Waals surface area contributed by atoms with Crippen LogP contribution in [0.3, 0.4) is 0 Å². The molecule has 1 N–H and O–H groups in total. The molecule has 1 aliphatic rings. The highest BCUT2D eigenvalue weighted by Gasteiger charge is 2.12. The van der Waals surface area contributed by atoms with Crippen molar-refractivity contribution in [3.8, 4) is 0 Å². The molecule has 0 saturated carbocycles. The van der Waals surface area contributed by atoms with E-state index in [0.29, 0.717) is 6.04 Å². The monoisotopic (exact) mass is 254 g/mol. The van der Waals surface area contributed by atoms with Gasteiger partial charge in [-0.1, -0.05) is 13.8 Å². The highest BCUT2D eigenvalue weighted by molar-refractivity contribution is 7.99. The van der Waals surface area contributed by atoms with E-state index in [4.69, 9.17) is 4.42 Å². The van der Waals surface area contributed by atoms with E-state index < -0.39 is 0 Å². The Morgan fingerprint density at radius 2 is 2.18 bits per heavy atom. The number of hydrogen-bond donors (Lipinski definition) is 1. The summed E-state index contributed by atoms with van der Waals surface area (Å²) < 4.78 is 5.61. The molecule has 4 heteroatoms. The molecule has 0 radical (unpaired) electrons. The number of thioether (sulfide) groups is 1. The van der Waals surface area contributed by atoms with Gasteiger partial charge in [0.2, 0.25) is 0 Å². The first-order valence-electron chi connectivity index (χ1n) is 6.34. The molecule has 0 amide bonds. The second-order valence-corrected chi connectivity index (χ2v) is 6.07. The number of rotatable bonds is 5. The quantitative estimate of drug-likeness (QED) is 0.873. The summed E-state index contributed by atoms with van der Waals surface area (Å²) in [6.07, 6.45) is 1.88. The summed E-state index contributed by atoms with van der Waals surface area (Å²) in [5.41, 5.74) is 1.25. The summed E-state index contributed by atoms with van der Waals surface area (Å²) in [4.78, 5) is 2.47. The van der Waals surface area contributed by atoms with Crippen LogP contribution in [0.25, 0.3) is 0 Å². The third-order valence-electron chi connectivity index (χ3n) is 2.91. The van der Waals surface area contributed by atoms with E-state index in [2.05, 4.69) is 30.1 Å². The van der Waals surface area contributed by atoms with Crippen LogP contribution < -0.4 is 5.32 Å². The average molecular weight is 254 g/mol. The fourth-order valence-electron chi connectivity index (χ4n) is 1.90. The lowest BCUT2D eigenvalue weighted by molar-refractivity contribution is 0.268. The first-order chi connectivity index (χ1) is 8.24. The Morgan fingerprint density at radius 3 is 2.88 bits per heavy atom. The lowest BCUT2D eigenvalue weighted by atomic mass is 10.2. The first kappa shape index (κ1) is 13.0. The molecule has 0 unspecified atom stereocenters. The van der Waals surface area contributed by atoms with Crippen LogP contribution in [0.15, 0.2) is 16.7 Å². The van der Waals surface area contributed by atoms with Crippen molar-refractivity contribution in [2.24, 2.45) is 0 Å². The Balaban J connectivity index is 1.80. The Hall–Kier alpha value is -0.450. The molecule has 1 aliphatic heterocycles. The van der Waals surface area contributed by atoms with Crippen LogP contribution in [-0.2, 0) is 13.1 Å². The summed E-state index contributed by atoms with van der Waals surface area (Å²) in [5.74, 6) is 3.60. The third kappa shape index (κ3) is 4.37. The molecule has 0 bridgehead atoms. The molecular weight excluding hydrogens is 232 g/mol. The van der Waals surface area contributed by atoms with Gasteiger partial charge in [0.15, 0.2) is 0 Å². The van der Waals surface area contributed by atoms with Gasteiger partial charge in [0.05, 0.1) is 12.8 Å². The van der Waals surface area contributed by atoms with Gasteiger partial charge in [-0.15, -0.1) is 0 Å². The largest absolute Gasteiger partial charge is 0.468 e. The number of furan rings is 1. The zero-order chi connectivity index (χ0) is 12.1. The minimum absolute atomic E-state index is 0.521. The molecule has 17 heavy (non-hydrogen) atoms. The molecule has 96 valence electrons. The second kappa shape index (κ2) is 6.47. The van der Waals surface area contributed by atoms with Gasteiger partial charge in [0.25, 0.3) is 0 Å². The van der Waals surface area contributed by atoms with Crippen molar-refractivity contribution in [1.29, 1.82) is 0 Å². The van der Waals surface area contributed by atoms with Crippen molar-refractivity contribution >= 4 is 11.8 Å². The maximum atomic E-state index is 5.61. The van der Waals surface area contributed by atoms with Gasteiger partial charge in [-0.25, -0.2) is 0 Å². The van der Waals surface area contributed by atoms with Crippen molar-refractivity contribution < 1.29 is 4.42 Å². The topological polar surface area (TPSA) is 28.4 Å². The van der Waals surface area contributed by atoms with Gasteiger partial charge in [-0.2, -0.15) is 11.8 Å². The van der Waals surface area contributed by atoms with Crippen LogP contribution in [0.1, 0.15) is 25.2 Å². The van der Waals surface area contributed by atoms with Crippen LogP contribution in [0, 0.1) is 0 Å². The molecule has 1 saturated heterocycles. The fourth-order valence-corrected chi connectivity index (χ4v) is 2.88. The van der Waals surface area contributed by atoms with Crippen molar-refractivity contribution in [3.63, 3.8) is 0 Å². The fraction of sp³-hybridized carbons (Fsp3) is 0.692. The van der Waals surface area contributed by atoms with Crippen LogP contribution in [0.5, 0.6) is 0 Å². The predicted octanol–water partition coefficient (Wildman–Crippen LogP) is 2.33. The molecule has 3 nitrogen and oxygen atoms in total. The molecular formula is C13H22N2OS. The molecule has 0 atom stereocenters. The van der Waals surface area contributed by atoms with E-state index in [1.54, 1.807) is 0 Å². The maximum absolute atomic E-state index is 5.61. The van der Waals surface area contributed by atoms with Crippen molar-refractivity contribution in [3.05, 3.63) is 23.7 Å². The van der Waals surface area contributed by atoms with Crippen LogP contribution in [-0.4, -0.2) is 35.5 Å². The standard InChI is InChI=1S/C13H22N2OS/c1-11(2)14-8-12-7-13(16-10-12)9-15-3-5-17-6-4-15/h7,10-11,14H,3-6,8-9H2,1-2H3. The van der Waals surface area contributed by atoms with E-state index >= 15 is 0 Å². The predicted molar refractivity (Wildman–Crippen MR) is 73.3 cm³/mol. The van der Waals surface area contributed by atoms with E-state index in [1.165, 1.54) is 30.2 Å². The van der Waals surface area contributed by atoms with Gasteiger partial charge in [-0.3, -0.25) is 4.90 Å². The molecule has 2 rings (SSSR count). The summed E-state index contributed by atoms with van der Waals surface area (Å²) in [5, 5.41) is 3.40. The molecule has 1 fully saturated rings. The normalized spacial score (nSPS) is 17.8. The summed E-state index contributed by atoms with van der Waals surface area (Å²) in [6, 6.07) is 2.70. The number of nitrogens with zero attached hydrogens (tertiary/aromatic N) is 1. The van der Waals surface area contributed by atoms with Gasteiger partial charge >= 0.3 is 0 Å². The van der Waals surface area contributed by atoms with Crippen molar-refractivity contribution in [1.82, 2.24) is 10.2 Å². The Labute approximate surface area is 108 Å². The minimum Gasteiger partial charge on any atom is -0.468 e. The van der Waals surface area contributed by atoms with Gasteiger partial charge in [-0.05, 0) is 6.07 Å². The lowest BCUT2D eigenvalue weighted by Crippen LogP contribution is -2.31. The molecule has 1 aromatic heterocycles. The summed E-state index contributed by atoms with van der Waals surface area (Å²) >= 11 is 2.04. The zero-order valence-electron chi connectivity index (χ0n) is 10.7. The van der Waals surface area contributed by atoms with Crippen LogP contribution in [0.4, 0.5) is 0 Å². The second-order valence-electron chi connectivity index (χ2n) is 4.85. The zero-order valence-corrected chi connectivity index (χ0v) is 11.6.